The van der Waals surface area contributed by atoms with Gasteiger partial charge < -0.3 is 51.1 Å². The lowest BCUT2D eigenvalue weighted by Gasteiger charge is -2.55. The molecule has 4 aliphatic rings. The van der Waals surface area contributed by atoms with E-state index in [0.29, 0.717) is 18.8 Å². The number of amides is 3. The number of hydrogen-bond donors (Lipinski definition) is 11. The predicted octanol–water partition coefficient (Wildman–Crippen LogP) is -3.40. The molecule has 296 valence electrons. The number of aliphatic hydroxyl groups excluding tert-OH is 5. The number of carbonyl (C=O) groups excluding carboxylic acids is 2. The van der Waals surface area contributed by atoms with Gasteiger partial charge in [0.15, 0.2) is 17.7 Å². The molecule has 8 unspecified atom stereocenters. The molecule has 1 saturated carbocycles. The number of rotatable bonds is 13. The molecule has 3 amide bonds. The van der Waals surface area contributed by atoms with Crippen molar-refractivity contribution in [1.29, 1.82) is 0 Å². The molecule has 4 fully saturated rings. The third-order valence-electron chi connectivity index (χ3n) is 10.2. The minimum Gasteiger partial charge on any atom is -0.389 e. The first-order chi connectivity index (χ1) is 24.9. The van der Waals surface area contributed by atoms with E-state index >= 15 is 0 Å². The molecule has 15 atom stereocenters. The molecule has 0 radical (unpaired) electrons. The summed E-state index contributed by atoms with van der Waals surface area (Å²) in [6.45, 7) is 1.68. The number of β-amino-alcohol motifs (C(OH)–C–C–N with tert-alkyl or cyclic N) is 1. The first-order valence-electron chi connectivity index (χ1n) is 16.6. The van der Waals surface area contributed by atoms with E-state index in [1.165, 1.54) is 10.9 Å². The highest BCUT2D eigenvalue weighted by atomic mass is 31.3. The fourth-order valence-electron chi connectivity index (χ4n) is 7.17. The van der Waals surface area contributed by atoms with Gasteiger partial charge in [0.05, 0.1) is 25.6 Å². The average molecular weight is 796 g/mol. The van der Waals surface area contributed by atoms with Crippen molar-refractivity contribution in [1.82, 2.24) is 40.4 Å². The summed E-state index contributed by atoms with van der Waals surface area (Å²) in [6, 6.07) is -2.10. The van der Waals surface area contributed by atoms with Crippen LogP contribution in [0.4, 0.5) is 10.6 Å². The SMILES string of the molecule is CC1CC2NC3C(=O)NC(=O)NC3N(C[C@H](O)[C@H](O)[C@H](O)COP(=O)(O)OP(=O)(O)OC[C@H]3O[C@@H](n4cnc5c(N)ncnc54)[C@H](O)[C@@H]3O)C2CC1C. The van der Waals surface area contributed by atoms with E-state index in [-0.39, 0.29) is 41.5 Å². The third-order valence-corrected chi connectivity index (χ3v) is 12.8. The molecule has 3 aliphatic heterocycles. The summed E-state index contributed by atoms with van der Waals surface area (Å²) in [5.41, 5.74) is 6.10. The highest BCUT2D eigenvalue weighted by Gasteiger charge is 2.52. The summed E-state index contributed by atoms with van der Waals surface area (Å²) in [6.07, 6.45) is -9.10. The average Bonchev–Trinajstić information content (AvgIpc) is 3.63. The Hall–Kier alpha value is -2.77. The second kappa shape index (κ2) is 15.4. The molecule has 0 aromatic carbocycles. The van der Waals surface area contributed by atoms with Gasteiger partial charge >= 0.3 is 21.7 Å². The number of phosphoric ester groups is 2. The molecule has 3 saturated heterocycles. The number of nitrogens with zero attached hydrogens (tertiary/aromatic N) is 5. The van der Waals surface area contributed by atoms with Crippen LogP contribution in [0.2, 0.25) is 0 Å². The Kier molecular flexibility index (Phi) is 11.6. The van der Waals surface area contributed by atoms with Gasteiger partial charge in [-0.3, -0.25) is 33.9 Å². The molecule has 24 nitrogen and oxygen atoms in total. The number of nitrogens with one attached hydrogen (secondary N) is 3. The number of anilines is 1. The van der Waals surface area contributed by atoms with Crippen molar-refractivity contribution < 1.29 is 72.1 Å². The van der Waals surface area contributed by atoms with Crippen molar-refractivity contribution in [2.75, 3.05) is 25.5 Å². The highest BCUT2D eigenvalue weighted by Crippen LogP contribution is 2.60. The van der Waals surface area contributed by atoms with Crippen LogP contribution >= 0.6 is 15.6 Å². The highest BCUT2D eigenvalue weighted by molar-refractivity contribution is 7.61. The van der Waals surface area contributed by atoms with E-state index < -0.39 is 95.9 Å². The number of aliphatic hydroxyl groups is 5. The number of urea groups is 1. The van der Waals surface area contributed by atoms with Gasteiger partial charge in [0.25, 0.3) is 0 Å². The number of phosphoric acid groups is 2. The van der Waals surface area contributed by atoms with Gasteiger partial charge in [-0.1, -0.05) is 13.8 Å². The van der Waals surface area contributed by atoms with Gasteiger partial charge in [-0.2, -0.15) is 4.31 Å². The minimum absolute atomic E-state index is 0.0382. The summed E-state index contributed by atoms with van der Waals surface area (Å²) in [7, 11) is -11.0. The van der Waals surface area contributed by atoms with Gasteiger partial charge in [0, 0.05) is 18.6 Å². The van der Waals surface area contributed by atoms with Crippen molar-refractivity contribution in [2.45, 2.75) is 93.8 Å². The minimum atomic E-state index is -5.50. The number of ether oxygens (including phenoxy) is 1. The molecule has 6 rings (SSSR count). The Morgan fingerprint density at radius 2 is 1.72 bits per heavy atom. The molecule has 0 spiro atoms. The molecular formula is C27H43N9O15P2. The van der Waals surface area contributed by atoms with Crippen molar-refractivity contribution in [3.63, 3.8) is 0 Å². The number of carbonyl (C=O) groups is 2. The van der Waals surface area contributed by atoms with E-state index in [0.717, 1.165) is 6.33 Å². The number of imidazole rings is 1. The molecule has 0 bridgehead atoms. The number of fused-ring (bicyclic) bond motifs is 3. The number of aromatic nitrogens is 4. The lowest BCUT2D eigenvalue weighted by Crippen LogP contribution is -2.79. The smallest absolute Gasteiger partial charge is 0.389 e. The van der Waals surface area contributed by atoms with Crippen LogP contribution in [0, 0.1) is 11.8 Å². The summed E-state index contributed by atoms with van der Waals surface area (Å²) < 4.78 is 45.5. The molecule has 2 aromatic rings. The van der Waals surface area contributed by atoms with E-state index in [4.69, 9.17) is 15.0 Å². The van der Waals surface area contributed by atoms with Crippen LogP contribution in [-0.4, -0.2) is 152 Å². The third kappa shape index (κ3) is 8.42. The topological polar surface area (TPSA) is 356 Å². The molecule has 26 heteroatoms. The van der Waals surface area contributed by atoms with E-state index in [1.807, 2.05) is 0 Å². The molecule has 5 heterocycles. The Balaban J connectivity index is 1.02. The second-order valence-electron chi connectivity index (χ2n) is 13.7. The van der Waals surface area contributed by atoms with Crippen LogP contribution in [0.1, 0.15) is 32.9 Å². The van der Waals surface area contributed by atoms with E-state index in [9.17, 15) is 54.0 Å². The lowest BCUT2D eigenvalue weighted by atomic mass is 9.73. The van der Waals surface area contributed by atoms with Crippen molar-refractivity contribution in [3.05, 3.63) is 12.7 Å². The monoisotopic (exact) mass is 795 g/mol. The van der Waals surface area contributed by atoms with Gasteiger partial charge in [-0.05, 0) is 24.7 Å². The fourth-order valence-corrected chi connectivity index (χ4v) is 9.27. The quantitative estimate of drug-likeness (QED) is 0.0880. The lowest BCUT2D eigenvalue weighted by molar-refractivity contribution is -0.135. The zero-order valence-corrected chi connectivity index (χ0v) is 30.1. The number of nitrogen functional groups attached to an aromatic ring is 1. The van der Waals surface area contributed by atoms with Crippen LogP contribution in [0.25, 0.3) is 11.2 Å². The Morgan fingerprint density at radius 3 is 2.45 bits per heavy atom. The molecule has 2 aromatic heterocycles. The zero-order valence-electron chi connectivity index (χ0n) is 28.3. The van der Waals surface area contributed by atoms with Gasteiger partial charge in [-0.25, -0.2) is 28.9 Å². The maximum atomic E-state index is 12.7. The Morgan fingerprint density at radius 1 is 1.02 bits per heavy atom. The molecule has 1 aliphatic carbocycles. The van der Waals surface area contributed by atoms with Crippen LogP contribution < -0.4 is 21.7 Å². The molecular weight excluding hydrogens is 752 g/mol. The number of piperazine rings is 1. The van der Waals surface area contributed by atoms with Crippen molar-refractivity contribution in [3.8, 4) is 0 Å². The van der Waals surface area contributed by atoms with Crippen LogP contribution in [-0.2, 0) is 32.0 Å². The molecule has 12 N–H and O–H groups in total. The Bertz CT molecular complexity index is 1780. The van der Waals surface area contributed by atoms with Gasteiger partial charge in [0.2, 0.25) is 5.91 Å². The normalized spacial score (nSPS) is 36.0. The maximum absolute atomic E-state index is 12.7. The van der Waals surface area contributed by atoms with Crippen molar-refractivity contribution >= 4 is 44.6 Å². The number of hydrogen-bond acceptors (Lipinski definition) is 19. The summed E-state index contributed by atoms with van der Waals surface area (Å²) in [4.78, 5) is 58.6. The van der Waals surface area contributed by atoms with Crippen LogP contribution in [0.3, 0.4) is 0 Å². The van der Waals surface area contributed by atoms with Gasteiger partial charge in [-0.15, -0.1) is 0 Å². The largest absolute Gasteiger partial charge is 0.481 e. The zero-order chi connectivity index (χ0) is 38.6. The maximum Gasteiger partial charge on any atom is 0.481 e. The standard InChI is InChI=1S/C27H43N9O15P2/c1-10-3-12-13(4-11(10)2)35(24-18(32-12)25(42)34-27(43)33-24)5-14(37)19(39)15(38)6-48-52(44,45)51-53(46,47)49-7-16-20(40)21(41)26(50-16)36-9-31-17-22(28)29-8-30-23(17)36/h8-16,18-21,24,26,32,37-41H,3-7H2,1-2H3,(H,44,45)(H,46,47)(H2,28,29,30)(H2,33,34,42,43)/t10?,11?,12?,13?,14-,15+,16+,18?,19-,20+,21+,24?,26+/m0/s1. The number of nitrogens with two attached hydrogens (primary N) is 1. The van der Waals surface area contributed by atoms with E-state index in [2.05, 4.69) is 53.6 Å². The molecule has 53 heavy (non-hydrogen) atoms. The number of imide groups is 1. The van der Waals surface area contributed by atoms with Crippen LogP contribution in [0.15, 0.2) is 12.7 Å². The second-order valence-corrected chi connectivity index (χ2v) is 16.8. The first kappa shape index (κ1) is 39.9. The van der Waals surface area contributed by atoms with Gasteiger partial charge in [0.1, 0.15) is 54.6 Å². The summed E-state index contributed by atoms with van der Waals surface area (Å²) >= 11 is 0. The first-order valence-corrected chi connectivity index (χ1v) is 19.6. The fraction of sp³-hybridized carbons (Fsp3) is 0.741. The van der Waals surface area contributed by atoms with E-state index in [1.54, 1.807) is 4.90 Å². The summed E-state index contributed by atoms with van der Waals surface area (Å²) in [5.74, 6) is 0.0207. The van der Waals surface area contributed by atoms with Crippen LogP contribution in [0.5, 0.6) is 0 Å². The summed E-state index contributed by atoms with van der Waals surface area (Å²) in [5, 5.41) is 61.5. The Labute approximate surface area is 300 Å². The van der Waals surface area contributed by atoms with Crippen molar-refractivity contribution in [2.24, 2.45) is 11.8 Å². The predicted molar refractivity (Wildman–Crippen MR) is 176 cm³/mol.